The van der Waals surface area contributed by atoms with Crippen LogP contribution in [-0.2, 0) is 11.3 Å². The van der Waals surface area contributed by atoms with Gasteiger partial charge in [-0.25, -0.2) is 4.68 Å². The first-order valence-electron chi connectivity index (χ1n) is 9.53. The molecule has 0 unspecified atom stereocenters. The van der Waals surface area contributed by atoms with Gasteiger partial charge in [0, 0.05) is 19.3 Å². The number of likely N-dealkylation sites (tertiary alicyclic amines) is 1. The van der Waals surface area contributed by atoms with Crippen molar-refractivity contribution in [1.82, 2.24) is 24.9 Å². The first-order valence-corrected chi connectivity index (χ1v) is 9.53. The number of benzene rings is 1. The van der Waals surface area contributed by atoms with E-state index in [-0.39, 0.29) is 18.1 Å². The highest BCUT2D eigenvalue weighted by Gasteiger charge is 2.38. The molecule has 142 valence electrons. The third kappa shape index (κ3) is 2.79. The van der Waals surface area contributed by atoms with Gasteiger partial charge in [-0.05, 0) is 30.5 Å². The van der Waals surface area contributed by atoms with Gasteiger partial charge in [0.25, 0.3) is 5.91 Å². The average molecular weight is 375 g/mol. The smallest absolute Gasteiger partial charge is 0.256 e. The van der Waals surface area contributed by atoms with Gasteiger partial charge in [-0.3, -0.25) is 9.78 Å². The van der Waals surface area contributed by atoms with Crippen molar-refractivity contribution in [3.63, 3.8) is 0 Å². The van der Waals surface area contributed by atoms with Crippen molar-refractivity contribution >= 4 is 5.91 Å². The van der Waals surface area contributed by atoms with E-state index in [4.69, 9.17) is 4.74 Å². The van der Waals surface area contributed by atoms with Crippen LogP contribution in [0, 0.1) is 6.92 Å². The lowest BCUT2D eigenvalue weighted by molar-refractivity contribution is -0.0605. The topological polar surface area (TPSA) is 73.1 Å². The maximum Gasteiger partial charge on any atom is 0.256 e. The second-order valence-electron chi connectivity index (χ2n) is 7.31. The minimum absolute atomic E-state index is 0.00102. The van der Waals surface area contributed by atoms with Crippen LogP contribution in [0.25, 0.3) is 11.1 Å². The van der Waals surface area contributed by atoms with Crippen LogP contribution >= 0.6 is 0 Å². The Kier molecular flexibility index (Phi) is 4.16. The number of fused-ring (bicyclic) bond motifs is 3. The molecule has 2 aliphatic rings. The number of hydrogen-bond acceptors (Lipinski definition) is 5. The monoisotopic (exact) mass is 375 g/mol. The van der Waals surface area contributed by atoms with Gasteiger partial charge >= 0.3 is 0 Å². The second-order valence-corrected chi connectivity index (χ2v) is 7.31. The Morgan fingerprint density at radius 1 is 1.21 bits per heavy atom. The number of carbonyl (C=O) groups is 1. The van der Waals surface area contributed by atoms with Crippen LogP contribution in [0.2, 0.25) is 0 Å². The van der Waals surface area contributed by atoms with E-state index in [1.165, 1.54) is 0 Å². The predicted octanol–water partition coefficient (Wildman–Crippen LogP) is 2.63. The van der Waals surface area contributed by atoms with E-state index >= 15 is 0 Å². The maximum absolute atomic E-state index is 13.5. The molecule has 7 heteroatoms. The summed E-state index contributed by atoms with van der Waals surface area (Å²) in [7, 11) is 0. The Morgan fingerprint density at radius 2 is 2.07 bits per heavy atom. The van der Waals surface area contributed by atoms with Crippen molar-refractivity contribution in [2.45, 2.75) is 32.1 Å². The lowest BCUT2D eigenvalue weighted by Gasteiger charge is -2.41. The molecule has 3 aromatic rings. The zero-order chi connectivity index (χ0) is 19.1. The highest BCUT2D eigenvalue weighted by atomic mass is 16.5. The molecule has 0 saturated carbocycles. The number of carbonyl (C=O) groups excluding carboxylic acids is 1. The number of ether oxygens (including phenoxy) is 1. The van der Waals surface area contributed by atoms with Crippen molar-refractivity contribution < 1.29 is 9.53 Å². The Bertz CT molecular complexity index is 1020. The van der Waals surface area contributed by atoms with Crippen molar-refractivity contribution in [3.8, 4) is 11.1 Å². The molecule has 4 heterocycles. The third-order valence-electron chi connectivity index (χ3n) is 5.65. The number of rotatable bonds is 2. The number of pyridine rings is 1. The van der Waals surface area contributed by atoms with Gasteiger partial charge in [0.05, 0.1) is 41.9 Å². The standard InChI is InChI=1S/C21H21N5O2/c1-14-20(17(7-9-22-14)15-5-3-2-4-6-15)21(27)25-10-8-19-18(12-25)26-16(13-28-19)11-23-24-26/h2-7,9,11,18-19H,8,10,12-13H2,1H3/t18-,19+/m1/s1. The summed E-state index contributed by atoms with van der Waals surface area (Å²) >= 11 is 0. The van der Waals surface area contributed by atoms with E-state index in [9.17, 15) is 4.79 Å². The quantitative estimate of drug-likeness (QED) is 0.688. The molecule has 0 N–H and O–H groups in total. The fraction of sp³-hybridized carbons (Fsp3) is 0.333. The third-order valence-corrected chi connectivity index (χ3v) is 5.65. The van der Waals surface area contributed by atoms with Gasteiger partial charge in [-0.2, -0.15) is 0 Å². The summed E-state index contributed by atoms with van der Waals surface area (Å²) in [5.41, 5.74) is 4.31. The van der Waals surface area contributed by atoms with Gasteiger partial charge in [-0.1, -0.05) is 35.5 Å². The van der Waals surface area contributed by atoms with Crippen LogP contribution in [0.4, 0.5) is 0 Å². The maximum atomic E-state index is 13.5. The van der Waals surface area contributed by atoms with Crippen LogP contribution < -0.4 is 0 Å². The first kappa shape index (κ1) is 17.1. The van der Waals surface area contributed by atoms with E-state index in [1.807, 2.05) is 52.9 Å². The number of aromatic nitrogens is 4. The summed E-state index contributed by atoms with van der Waals surface area (Å²) in [6.07, 6.45) is 4.35. The number of piperidine rings is 1. The lowest BCUT2D eigenvalue weighted by atomic mass is 9.96. The van der Waals surface area contributed by atoms with Crippen molar-refractivity contribution in [2.24, 2.45) is 0 Å². The minimum Gasteiger partial charge on any atom is -0.370 e. The van der Waals surface area contributed by atoms with Crippen molar-refractivity contribution in [2.75, 3.05) is 13.1 Å². The average Bonchev–Trinajstić information content (AvgIpc) is 3.23. The highest BCUT2D eigenvalue weighted by molar-refractivity contribution is 6.01. The van der Waals surface area contributed by atoms with Gasteiger partial charge in [-0.15, -0.1) is 5.10 Å². The molecule has 0 bridgehead atoms. The van der Waals surface area contributed by atoms with Gasteiger partial charge in [0.15, 0.2) is 0 Å². The molecule has 2 atom stereocenters. The van der Waals surface area contributed by atoms with E-state index in [0.717, 1.165) is 28.9 Å². The fourth-order valence-electron chi connectivity index (χ4n) is 4.22. The summed E-state index contributed by atoms with van der Waals surface area (Å²) in [6, 6.07) is 11.9. The van der Waals surface area contributed by atoms with Crippen LogP contribution in [0.1, 0.15) is 34.2 Å². The number of amides is 1. The zero-order valence-corrected chi connectivity index (χ0v) is 15.7. The normalized spacial score (nSPS) is 21.1. The van der Waals surface area contributed by atoms with Gasteiger partial charge < -0.3 is 9.64 Å². The molecule has 2 aliphatic heterocycles. The summed E-state index contributed by atoms with van der Waals surface area (Å²) < 4.78 is 7.88. The van der Waals surface area contributed by atoms with Crippen LogP contribution in [0.15, 0.2) is 48.8 Å². The Hall–Kier alpha value is -3.06. The van der Waals surface area contributed by atoms with Gasteiger partial charge in [0.1, 0.15) is 0 Å². The van der Waals surface area contributed by atoms with Crippen LogP contribution in [-0.4, -0.2) is 50.0 Å². The van der Waals surface area contributed by atoms with E-state index in [0.29, 0.717) is 25.3 Å². The molecule has 0 spiro atoms. The van der Waals surface area contributed by atoms with Crippen molar-refractivity contribution in [3.05, 3.63) is 65.7 Å². The Balaban J connectivity index is 1.49. The molecule has 2 aromatic heterocycles. The van der Waals surface area contributed by atoms with Gasteiger partial charge in [0.2, 0.25) is 0 Å². The lowest BCUT2D eigenvalue weighted by Crippen LogP contribution is -2.50. The van der Waals surface area contributed by atoms with E-state index in [2.05, 4.69) is 15.3 Å². The number of hydrogen-bond donors (Lipinski definition) is 0. The Morgan fingerprint density at radius 3 is 2.93 bits per heavy atom. The SMILES string of the molecule is Cc1nccc(-c2ccccc2)c1C(=O)N1CC[C@@H]2OCc3cnnn3[C@@H]2C1. The summed E-state index contributed by atoms with van der Waals surface area (Å²) in [4.78, 5) is 19.8. The molecule has 7 nitrogen and oxygen atoms in total. The summed E-state index contributed by atoms with van der Waals surface area (Å²) in [6.45, 7) is 3.64. The molecule has 28 heavy (non-hydrogen) atoms. The molecule has 0 aliphatic carbocycles. The zero-order valence-electron chi connectivity index (χ0n) is 15.7. The molecule has 1 amide bonds. The summed E-state index contributed by atoms with van der Waals surface area (Å²) in [5.74, 6) is 0.00939. The second kappa shape index (κ2) is 6.83. The van der Waals surface area contributed by atoms with E-state index < -0.39 is 0 Å². The number of nitrogens with zero attached hydrogens (tertiary/aromatic N) is 5. The molecular weight excluding hydrogens is 354 g/mol. The molecule has 1 saturated heterocycles. The number of aryl methyl sites for hydroxylation is 1. The molecule has 5 rings (SSSR count). The predicted molar refractivity (Wildman–Crippen MR) is 103 cm³/mol. The molecule has 0 radical (unpaired) electrons. The molecular formula is C21H21N5O2. The van der Waals surface area contributed by atoms with Crippen LogP contribution in [0.3, 0.4) is 0 Å². The molecule has 1 aromatic carbocycles. The summed E-state index contributed by atoms with van der Waals surface area (Å²) in [5, 5.41) is 8.24. The van der Waals surface area contributed by atoms with Crippen LogP contribution in [0.5, 0.6) is 0 Å². The first-order chi connectivity index (χ1) is 13.7. The minimum atomic E-state index is 0.00102. The Labute approximate surface area is 163 Å². The largest absolute Gasteiger partial charge is 0.370 e. The highest BCUT2D eigenvalue weighted by Crippen LogP contribution is 2.32. The van der Waals surface area contributed by atoms with Crippen molar-refractivity contribution in [1.29, 1.82) is 0 Å². The van der Waals surface area contributed by atoms with E-state index in [1.54, 1.807) is 12.4 Å². The fourth-order valence-corrected chi connectivity index (χ4v) is 4.22. The molecule has 1 fully saturated rings.